The maximum atomic E-state index is 12.0. The van der Waals surface area contributed by atoms with Gasteiger partial charge < -0.3 is 9.30 Å². The van der Waals surface area contributed by atoms with Gasteiger partial charge in [0.2, 0.25) is 0 Å². The summed E-state index contributed by atoms with van der Waals surface area (Å²) in [7, 11) is 0. The van der Waals surface area contributed by atoms with E-state index in [0.29, 0.717) is 18.0 Å². The average molecular weight is 304 g/mol. The van der Waals surface area contributed by atoms with Crippen molar-refractivity contribution in [1.82, 2.24) is 14.5 Å². The molecule has 4 nitrogen and oxygen atoms in total. The van der Waals surface area contributed by atoms with E-state index in [1.807, 2.05) is 30.5 Å². The van der Waals surface area contributed by atoms with Crippen molar-refractivity contribution in [2.45, 2.75) is 32.2 Å². The highest BCUT2D eigenvalue weighted by atomic mass is 35.5. The molecule has 0 bridgehead atoms. The molecule has 20 heavy (non-hydrogen) atoms. The number of hydrogen-bond donors (Lipinski definition) is 0. The number of aromatic nitrogens is 3. The molecular weight excluding hydrogens is 288 g/mol. The zero-order valence-corrected chi connectivity index (χ0v) is 12.1. The normalized spacial score (nSPS) is 13.3. The van der Waals surface area contributed by atoms with Gasteiger partial charge in [0.05, 0.1) is 12.0 Å². The quantitative estimate of drug-likeness (QED) is 0.607. The van der Waals surface area contributed by atoms with Crippen LogP contribution < -0.4 is 0 Å². The Labute approximate surface area is 120 Å². The molecule has 110 valence electrons. The van der Waals surface area contributed by atoms with Crippen LogP contribution in [0, 0.1) is 6.92 Å². The van der Waals surface area contributed by atoms with Crippen LogP contribution in [0.2, 0.25) is 0 Å². The highest BCUT2D eigenvalue weighted by Gasteiger charge is 2.16. The molecule has 1 unspecified atom stereocenters. The monoisotopic (exact) mass is 303 g/mol. The minimum atomic E-state index is -2.46. The fraction of sp³-hybridized carbons (Fsp3) is 0.538. The number of pyridine rings is 1. The van der Waals surface area contributed by atoms with Gasteiger partial charge in [-0.15, -0.1) is 11.6 Å². The van der Waals surface area contributed by atoms with Gasteiger partial charge >= 0.3 is 0 Å². The molecular formula is C13H16ClF2N3O. The number of aryl methyl sites for hydroxylation is 1. The third kappa shape index (κ3) is 3.43. The van der Waals surface area contributed by atoms with Crippen molar-refractivity contribution >= 4 is 22.8 Å². The van der Waals surface area contributed by atoms with E-state index in [9.17, 15) is 8.78 Å². The van der Waals surface area contributed by atoms with Crippen molar-refractivity contribution in [3.63, 3.8) is 0 Å². The third-order valence-electron chi connectivity index (χ3n) is 2.82. The first-order chi connectivity index (χ1) is 9.49. The van der Waals surface area contributed by atoms with Crippen molar-refractivity contribution < 1.29 is 13.5 Å². The first-order valence-electron chi connectivity index (χ1n) is 6.32. The molecule has 2 aromatic heterocycles. The van der Waals surface area contributed by atoms with E-state index >= 15 is 0 Å². The molecule has 7 heteroatoms. The summed E-state index contributed by atoms with van der Waals surface area (Å²) in [5, 5.41) is -0.292. The summed E-state index contributed by atoms with van der Waals surface area (Å²) in [5.74, 6) is 0.667. The van der Waals surface area contributed by atoms with Crippen LogP contribution >= 0.6 is 11.6 Å². The highest BCUT2D eigenvalue weighted by molar-refractivity contribution is 6.20. The first kappa shape index (κ1) is 15.1. The molecule has 0 aliphatic carbocycles. The Hall–Kier alpha value is -1.27. The molecule has 2 rings (SSSR count). The number of ether oxygens (including phenoxy) is 1. The lowest BCUT2D eigenvalue weighted by Crippen LogP contribution is -2.13. The number of fused-ring (bicyclic) bond motifs is 1. The van der Waals surface area contributed by atoms with E-state index < -0.39 is 13.0 Å². The van der Waals surface area contributed by atoms with E-state index in [0.717, 1.165) is 11.2 Å². The molecule has 0 aliphatic rings. The Bertz CT molecular complexity index is 586. The molecule has 1 atom stereocenters. The van der Waals surface area contributed by atoms with E-state index in [2.05, 4.69) is 9.97 Å². The van der Waals surface area contributed by atoms with E-state index in [-0.39, 0.29) is 12.0 Å². The number of hydrogen-bond acceptors (Lipinski definition) is 3. The number of alkyl halides is 3. The SMILES string of the molecule is Cc1ccc2nc(C(C)Cl)n(CCOCC(F)F)c2n1. The molecule has 0 saturated heterocycles. The van der Waals surface area contributed by atoms with Gasteiger partial charge in [-0.05, 0) is 26.0 Å². The van der Waals surface area contributed by atoms with Gasteiger partial charge in [0.15, 0.2) is 5.65 Å². The van der Waals surface area contributed by atoms with Crippen molar-refractivity contribution in [2.75, 3.05) is 13.2 Å². The highest BCUT2D eigenvalue weighted by Crippen LogP contribution is 2.23. The largest absolute Gasteiger partial charge is 0.374 e. The Morgan fingerprint density at radius 1 is 1.35 bits per heavy atom. The van der Waals surface area contributed by atoms with E-state index in [4.69, 9.17) is 16.3 Å². The summed E-state index contributed by atoms with van der Waals surface area (Å²) in [6, 6.07) is 3.74. The molecule has 0 fully saturated rings. The molecule has 0 amide bonds. The fourth-order valence-electron chi connectivity index (χ4n) is 1.97. The summed E-state index contributed by atoms with van der Waals surface area (Å²) in [4.78, 5) is 8.86. The van der Waals surface area contributed by atoms with Crippen molar-refractivity contribution in [3.05, 3.63) is 23.7 Å². The van der Waals surface area contributed by atoms with Crippen molar-refractivity contribution in [2.24, 2.45) is 0 Å². The topological polar surface area (TPSA) is 39.9 Å². The van der Waals surface area contributed by atoms with Gasteiger partial charge in [-0.2, -0.15) is 0 Å². The van der Waals surface area contributed by atoms with Crippen LogP contribution in [0.5, 0.6) is 0 Å². The molecule has 0 N–H and O–H groups in total. The van der Waals surface area contributed by atoms with Gasteiger partial charge in [-0.1, -0.05) is 0 Å². The predicted octanol–water partition coefficient (Wildman–Crippen LogP) is 3.32. The maximum absolute atomic E-state index is 12.0. The molecule has 2 aromatic rings. The molecule has 0 saturated carbocycles. The number of halogens is 3. The van der Waals surface area contributed by atoms with Crippen LogP contribution in [-0.4, -0.2) is 34.2 Å². The van der Waals surface area contributed by atoms with E-state index in [1.165, 1.54) is 0 Å². The zero-order chi connectivity index (χ0) is 14.7. The summed E-state index contributed by atoms with van der Waals surface area (Å²) in [6.07, 6.45) is -2.46. The second-order valence-electron chi connectivity index (χ2n) is 4.50. The molecule has 0 aliphatic heterocycles. The summed E-state index contributed by atoms with van der Waals surface area (Å²) >= 11 is 6.11. The predicted molar refractivity (Wildman–Crippen MR) is 73.4 cm³/mol. The molecule has 2 heterocycles. The second kappa shape index (κ2) is 6.45. The first-order valence-corrected chi connectivity index (χ1v) is 6.76. The van der Waals surface area contributed by atoms with Crippen LogP contribution in [-0.2, 0) is 11.3 Å². The van der Waals surface area contributed by atoms with E-state index in [1.54, 1.807) is 0 Å². The van der Waals surface area contributed by atoms with Gasteiger partial charge in [0, 0.05) is 12.2 Å². The molecule has 0 radical (unpaired) electrons. The Morgan fingerprint density at radius 3 is 2.75 bits per heavy atom. The Kier molecular flexibility index (Phi) is 4.88. The van der Waals surface area contributed by atoms with Crippen molar-refractivity contribution in [1.29, 1.82) is 0 Å². The summed E-state index contributed by atoms with van der Waals surface area (Å²) in [5.41, 5.74) is 2.31. The standard InChI is InChI=1S/C13H16ClF2N3O/c1-8-3-4-10-13(17-8)19(12(18-10)9(2)14)5-6-20-7-11(15)16/h3-4,9,11H,5-7H2,1-2H3. The summed E-state index contributed by atoms with van der Waals surface area (Å²) < 4.78 is 30.8. The van der Waals surface area contributed by atoms with Gasteiger partial charge in [0.1, 0.15) is 17.9 Å². The molecule has 0 spiro atoms. The lowest BCUT2D eigenvalue weighted by atomic mass is 10.3. The van der Waals surface area contributed by atoms with Crippen LogP contribution in [0.25, 0.3) is 11.2 Å². The second-order valence-corrected chi connectivity index (χ2v) is 5.15. The smallest absolute Gasteiger partial charge is 0.261 e. The number of nitrogens with zero attached hydrogens (tertiary/aromatic N) is 3. The van der Waals surface area contributed by atoms with Crippen LogP contribution in [0.15, 0.2) is 12.1 Å². The van der Waals surface area contributed by atoms with Gasteiger partial charge in [-0.3, -0.25) is 0 Å². The van der Waals surface area contributed by atoms with Crippen molar-refractivity contribution in [3.8, 4) is 0 Å². The third-order valence-corrected chi connectivity index (χ3v) is 3.02. The maximum Gasteiger partial charge on any atom is 0.261 e. The molecule has 0 aromatic carbocycles. The van der Waals surface area contributed by atoms with Crippen LogP contribution in [0.1, 0.15) is 23.8 Å². The Morgan fingerprint density at radius 2 is 2.10 bits per heavy atom. The van der Waals surface area contributed by atoms with Gasteiger partial charge in [0.25, 0.3) is 6.43 Å². The average Bonchev–Trinajstić information content (AvgIpc) is 2.73. The van der Waals surface area contributed by atoms with Crippen LogP contribution in [0.3, 0.4) is 0 Å². The lowest BCUT2D eigenvalue weighted by molar-refractivity contribution is 0.0148. The zero-order valence-electron chi connectivity index (χ0n) is 11.3. The van der Waals surface area contributed by atoms with Crippen LogP contribution in [0.4, 0.5) is 8.78 Å². The van der Waals surface area contributed by atoms with Gasteiger partial charge in [-0.25, -0.2) is 18.7 Å². The fourth-order valence-corrected chi connectivity index (χ4v) is 2.13. The number of rotatable bonds is 6. The lowest BCUT2D eigenvalue weighted by Gasteiger charge is -2.10. The Balaban J connectivity index is 2.24. The summed E-state index contributed by atoms with van der Waals surface area (Å²) in [6.45, 7) is 3.69. The number of imidazole rings is 1. The minimum absolute atomic E-state index is 0.169. The minimum Gasteiger partial charge on any atom is -0.374 e.